The summed E-state index contributed by atoms with van der Waals surface area (Å²) in [7, 11) is 0. The van der Waals surface area contributed by atoms with Crippen LogP contribution in [0.3, 0.4) is 0 Å². The van der Waals surface area contributed by atoms with Crippen molar-refractivity contribution in [1.82, 2.24) is 5.32 Å². The van der Waals surface area contributed by atoms with Crippen LogP contribution in [0.25, 0.3) is 0 Å². The lowest BCUT2D eigenvalue weighted by atomic mass is 10.3. The van der Waals surface area contributed by atoms with Crippen molar-refractivity contribution >= 4 is 5.69 Å². The Labute approximate surface area is 98.7 Å². The molecule has 0 fully saturated rings. The van der Waals surface area contributed by atoms with E-state index in [9.17, 15) is 14.5 Å². The van der Waals surface area contributed by atoms with Crippen molar-refractivity contribution in [3.8, 4) is 5.75 Å². The molecule has 0 aliphatic carbocycles. The molecule has 0 saturated carbocycles. The van der Waals surface area contributed by atoms with Crippen molar-refractivity contribution in [3.63, 3.8) is 0 Å². The summed E-state index contributed by atoms with van der Waals surface area (Å²) in [4.78, 5) is 9.62. The van der Waals surface area contributed by atoms with E-state index in [-0.39, 0.29) is 0 Å². The molecule has 0 atom stereocenters. The number of hydrogen-bond acceptors (Lipinski definition) is 4. The largest absolute Gasteiger partial charge is 0.493 e. The second-order valence-electron chi connectivity index (χ2n) is 3.43. The topological polar surface area (TPSA) is 64.4 Å². The fraction of sp³-hybridized carbons (Fsp3) is 0.455. The zero-order valence-corrected chi connectivity index (χ0v) is 9.61. The maximum absolute atomic E-state index is 13.2. The molecule has 1 aromatic rings. The summed E-state index contributed by atoms with van der Waals surface area (Å²) >= 11 is 0. The van der Waals surface area contributed by atoms with Crippen LogP contribution >= 0.6 is 0 Å². The molecule has 0 unspecified atom stereocenters. The summed E-state index contributed by atoms with van der Waals surface area (Å²) in [5, 5.41) is 13.5. The van der Waals surface area contributed by atoms with Crippen molar-refractivity contribution in [2.75, 3.05) is 19.7 Å². The maximum atomic E-state index is 13.2. The minimum absolute atomic E-state index is 0.310. The molecule has 0 aliphatic rings. The van der Waals surface area contributed by atoms with Gasteiger partial charge in [0.15, 0.2) is 0 Å². The van der Waals surface area contributed by atoms with Crippen LogP contribution in [0.4, 0.5) is 10.1 Å². The molecule has 0 heterocycles. The Kier molecular flexibility index (Phi) is 5.35. The van der Waals surface area contributed by atoms with Crippen LogP contribution in [0.5, 0.6) is 5.75 Å². The van der Waals surface area contributed by atoms with E-state index in [1.165, 1.54) is 6.07 Å². The van der Waals surface area contributed by atoms with E-state index >= 15 is 0 Å². The van der Waals surface area contributed by atoms with Gasteiger partial charge in [-0.3, -0.25) is 10.1 Å². The molecule has 0 saturated heterocycles. The van der Waals surface area contributed by atoms with Crippen molar-refractivity contribution in [2.24, 2.45) is 0 Å². The highest BCUT2D eigenvalue weighted by atomic mass is 19.1. The Morgan fingerprint density at radius 2 is 2.29 bits per heavy atom. The van der Waals surface area contributed by atoms with Gasteiger partial charge >= 0.3 is 5.69 Å². The van der Waals surface area contributed by atoms with Gasteiger partial charge in [-0.2, -0.15) is 4.39 Å². The van der Waals surface area contributed by atoms with Crippen LogP contribution in [0, 0.1) is 15.9 Å². The number of nitrogens with one attached hydrogen (secondary N) is 1. The van der Waals surface area contributed by atoms with Crippen LogP contribution in [0.15, 0.2) is 18.2 Å². The minimum atomic E-state index is -0.876. The minimum Gasteiger partial charge on any atom is -0.493 e. The maximum Gasteiger partial charge on any atom is 0.305 e. The molecule has 0 spiro atoms. The highest BCUT2D eigenvalue weighted by Gasteiger charge is 2.13. The molecule has 1 N–H and O–H groups in total. The Morgan fingerprint density at radius 1 is 1.53 bits per heavy atom. The van der Waals surface area contributed by atoms with E-state index in [0.29, 0.717) is 12.4 Å². The molecule has 0 radical (unpaired) electrons. The second kappa shape index (κ2) is 6.80. The summed E-state index contributed by atoms with van der Waals surface area (Å²) in [6.45, 7) is 4.18. The van der Waals surface area contributed by atoms with E-state index in [1.54, 1.807) is 0 Å². The first kappa shape index (κ1) is 13.4. The van der Waals surface area contributed by atoms with Crippen molar-refractivity contribution in [2.45, 2.75) is 13.3 Å². The van der Waals surface area contributed by atoms with Gasteiger partial charge in [-0.25, -0.2) is 0 Å². The van der Waals surface area contributed by atoms with Gasteiger partial charge in [0.2, 0.25) is 5.82 Å². The van der Waals surface area contributed by atoms with Gasteiger partial charge in [-0.1, -0.05) is 6.92 Å². The van der Waals surface area contributed by atoms with Crippen LogP contribution in [0.1, 0.15) is 13.3 Å². The van der Waals surface area contributed by atoms with E-state index in [1.807, 2.05) is 6.92 Å². The van der Waals surface area contributed by atoms with Gasteiger partial charge in [0.25, 0.3) is 0 Å². The molecule has 1 rings (SSSR count). The van der Waals surface area contributed by atoms with Crippen LogP contribution < -0.4 is 10.1 Å². The average Bonchev–Trinajstić information content (AvgIpc) is 2.28. The summed E-state index contributed by atoms with van der Waals surface area (Å²) in [5.74, 6) is -0.566. The number of nitrogens with zero attached hydrogens (tertiary/aromatic N) is 1. The van der Waals surface area contributed by atoms with Crippen molar-refractivity contribution in [3.05, 3.63) is 34.1 Å². The van der Waals surface area contributed by atoms with Crippen molar-refractivity contribution in [1.29, 1.82) is 0 Å². The summed E-state index contributed by atoms with van der Waals surface area (Å²) in [6, 6.07) is 3.54. The Hall–Kier alpha value is -1.69. The van der Waals surface area contributed by atoms with E-state index in [0.717, 1.165) is 31.6 Å². The third kappa shape index (κ3) is 4.36. The lowest BCUT2D eigenvalue weighted by Gasteiger charge is -2.06. The first-order valence-electron chi connectivity index (χ1n) is 5.42. The smallest absolute Gasteiger partial charge is 0.305 e. The molecule has 1 aromatic carbocycles. The van der Waals surface area contributed by atoms with Gasteiger partial charge in [0.1, 0.15) is 5.75 Å². The standard InChI is InChI=1S/C11H15FN2O3/c1-2-13-6-3-7-17-9-4-5-11(14(15)16)10(12)8-9/h4-5,8,13H,2-3,6-7H2,1H3. The zero-order chi connectivity index (χ0) is 12.7. The quantitative estimate of drug-likeness (QED) is 0.452. The predicted molar refractivity (Wildman–Crippen MR) is 61.7 cm³/mol. The number of rotatable bonds is 7. The number of nitro groups is 1. The number of hydrogen-bond donors (Lipinski definition) is 1. The van der Waals surface area contributed by atoms with Gasteiger partial charge in [0, 0.05) is 12.1 Å². The molecule has 0 bridgehead atoms. The summed E-state index contributed by atoms with van der Waals surface area (Å²) in [6.07, 6.45) is 0.798. The molecule has 5 nitrogen and oxygen atoms in total. The fourth-order valence-electron chi connectivity index (χ4n) is 1.29. The molecule has 0 aliphatic heterocycles. The van der Waals surface area contributed by atoms with Crippen molar-refractivity contribution < 1.29 is 14.1 Å². The number of halogens is 1. The summed E-state index contributed by atoms with van der Waals surface area (Å²) in [5.41, 5.74) is -0.537. The molecule has 94 valence electrons. The molecular weight excluding hydrogens is 227 g/mol. The molecule has 17 heavy (non-hydrogen) atoms. The fourth-order valence-corrected chi connectivity index (χ4v) is 1.29. The van der Waals surface area contributed by atoms with E-state index < -0.39 is 16.4 Å². The van der Waals surface area contributed by atoms with Gasteiger partial charge < -0.3 is 10.1 Å². The monoisotopic (exact) mass is 242 g/mol. The molecule has 0 amide bonds. The van der Waals surface area contributed by atoms with E-state index in [2.05, 4.69) is 5.32 Å². The average molecular weight is 242 g/mol. The summed E-state index contributed by atoms with van der Waals surface area (Å²) < 4.78 is 18.5. The van der Waals surface area contributed by atoms with Crippen LogP contribution in [-0.4, -0.2) is 24.6 Å². The molecule has 6 heteroatoms. The number of benzene rings is 1. The number of nitro benzene ring substituents is 1. The third-order valence-corrected chi connectivity index (χ3v) is 2.13. The Morgan fingerprint density at radius 3 is 2.88 bits per heavy atom. The van der Waals surface area contributed by atoms with Gasteiger partial charge in [0.05, 0.1) is 11.5 Å². The Balaban J connectivity index is 2.45. The van der Waals surface area contributed by atoms with E-state index in [4.69, 9.17) is 4.74 Å². The van der Waals surface area contributed by atoms with Gasteiger partial charge in [-0.15, -0.1) is 0 Å². The highest BCUT2D eigenvalue weighted by Crippen LogP contribution is 2.22. The number of ether oxygens (including phenoxy) is 1. The lowest BCUT2D eigenvalue weighted by Crippen LogP contribution is -2.16. The second-order valence-corrected chi connectivity index (χ2v) is 3.43. The third-order valence-electron chi connectivity index (χ3n) is 2.13. The molecule has 0 aromatic heterocycles. The first-order chi connectivity index (χ1) is 8.15. The Bertz CT molecular complexity index is 385. The van der Waals surface area contributed by atoms with Crippen LogP contribution in [-0.2, 0) is 0 Å². The lowest BCUT2D eigenvalue weighted by molar-refractivity contribution is -0.387. The molecular formula is C11H15FN2O3. The highest BCUT2D eigenvalue weighted by molar-refractivity contribution is 5.37. The SMILES string of the molecule is CCNCCCOc1ccc([N+](=O)[O-])c(F)c1. The zero-order valence-electron chi connectivity index (χ0n) is 9.61. The first-order valence-corrected chi connectivity index (χ1v) is 5.42. The normalized spacial score (nSPS) is 10.2. The predicted octanol–water partition coefficient (Wildman–Crippen LogP) is 2.11. The van der Waals surface area contributed by atoms with Gasteiger partial charge in [-0.05, 0) is 25.6 Å². The van der Waals surface area contributed by atoms with Crippen LogP contribution in [0.2, 0.25) is 0 Å².